The number of aromatic nitrogens is 3. The van der Waals surface area contributed by atoms with Gasteiger partial charge in [0.25, 0.3) is 0 Å². The highest BCUT2D eigenvalue weighted by Gasteiger charge is 2.41. The molecule has 0 atom stereocenters. The number of hydrogen-bond donors (Lipinski definition) is 0. The summed E-state index contributed by atoms with van der Waals surface area (Å²) in [4.78, 5) is 17.6. The van der Waals surface area contributed by atoms with Crippen molar-refractivity contribution < 1.29 is 0 Å². The minimum Gasteiger partial charge on any atom is -0.316 e. The van der Waals surface area contributed by atoms with E-state index in [1.807, 2.05) is 36.4 Å². The van der Waals surface area contributed by atoms with E-state index in [2.05, 4.69) is 164 Å². The molecule has 0 saturated carbocycles. The van der Waals surface area contributed by atoms with E-state index in [1.54, 1.807) is 0 Å². The maximum absolute atomic E-state index is 5.12. The summed E-state index contributed by atoms with van der Waals surface area (Å²) in [7, 11) is 0. The van der Waals surface area contributed by atoms with Gasteiger partial charge in [-0.2, -0.15) is 0 Å². The molecule has 9 aromatic rings. The first-order valence-corrected chi connectivity index (χ1v) is 19.2. The van der Waals surface area contributed by atoms with Crippen LogP contribution in [-0.4, -0.2) is 15.0 Å². The van der Waals surface area contributed by atoms with Crippen LogP contribution in [0.5, 0.6) is 0 Å². The summed E-state index contributed by atoms with van der Waals surface area (Å²) >= 11 is 0. The first kappa shape index (κ1) is 32.3. The quantitative estimate of drug-likeness (QED) is 0.178. The number of rotatable bonds is 5. The Labute approximate surface area is 326 Å². The number of fused-ring (bicyclic) bond motifs is 5. The number of hydrogen-bond acceptors (Lipinski definition) is 4. The van der Waals surface area contributed by atoms with Crippen LogP contribution in [0.4, 0.5) is 11.4 Å². The molecule has 0 unspecified atom stereocenters. The second kappa shape index (κ2) is 12.4. The lowest BCUT2D eigenvalue weighted by atomic mass is 9.79. The van der Waals surface area contributed by atoms with Gasteiger partial charge in [0.2, 0.25) is 0 Å². The van der Waals surface area contributed by atoms with Gasteiger partial charge in [-0.15, -0.1) is 0 Å². The summed E-state index contributed by atoms with van der Waals surface area (Å²) in [6, 6.07) is 60.3. The molecule has 8 aromatic carbocycles. The summed E-state index contributed by atoms with van der Waals surface area (Å²) in [6.45, 7) is 4.79. The normalized spacial score (nSPS) is 13.6. The molecule has 4 nitrogen and oxygen atoms in total. The van der Waals surface area contributed by atoms with Gasteiger partial charge in [-0.3, -0.25) is 0 Å². The van der Waals surface area contributed by atoms with Gasteiger partial charge in [0.1, 0.15) is 0 Å². The molecular weight excluding hydrogens is 681 g/mol. The van der Waals surface area contributed by atoms with Crippen molar-refractivity contribution >= 4 is 39.0 Å². The van der Waals surface area contributed by atoms with Crippen molar-refractivity contribution in [2.24, 2.45) is 0 Å². The third-order valence-electron chi connectivity index (χ3n) is 11.6. The molecule has 0 saturated heterocycles. The third kappa shape index (κ3) is 4.89. The lowest BCUT2D eigenvalue weighted by Crippen LogP contribution is -2.21. The van der Waals surface area contributed by atoms with E-state index in [0.717, 1.165) is 33.2 Å². The standard InChI is InChI=1S/C52H36N4/c1-52(2)44-27-15-26-41(46(44)43-32-36-21-14-20-33-30-31-56(37-22-10-5-11-23-37)48(45(33)36)47(43)52)40-28-29-42(39-25-13-12-24-38(39)40)51-54-49(34-16-6-3-7-17-34)53-50(55-51)35-18-8-4-9-19-35/h3-32H,1-2H3. The van der Waals surface area contributed by atoms with E-state index in [9.17, 15) is 0 Å². The van der Waals surface area contributed by atoms with E-state index < -0.39 is 0 Å². The van der Waals surface area contributed by atoms with E-state index in [-0.39, 0.29) is 5.41 Å². The minimum atomic E-state index is -0.252. The van der Waals surface area contributed by atoms with Gasteiger partial charge in [-0.25, -0.2) is 15.0 Å². The predicted molar refractivity (Wildman–Crippen MR) is 232 cm³/mol. The van der Waals surface area contributed by atoms with Gasteiger partial charge in [0.15, 0.2) is 17.5 Å². The topological polar surface area (TPSA) is 41.9 Å². The van der Waals surface area contributed by atoms with Crippen LogP contribution in [0.2, 0.25) is 0 Å². The monoisotopic (exact) mass is 716 g/mol. The van der Waals surface area contributed by atoms with Gasteiger partial charge in [0, 0.05) is 39.4 Å². The van der Waals surface area contributed by atoms with Crippen molar-refractivity contribution in [1.82, 2.24) is 15.0 Å². The molecule has 4 heteroatoms. The molecule has 1 aliphatic heterocycles. The Hall–Kier alpha value is -7.17. The fourth-order valence-corrected chi connectivity index (χ4v) is 9.09. The van der Waals surface area contributed by atoms with Crippen LogP contribution in [0, 0.1) is 0 Å². The van der Waals surface area contributed by atoms with Crippen molar-refractivity contribution in [2.75, 3.05) is 4.90 Å². The van der Waals surface area contributed by atoms with Gasteiger partial charge < -0.3 is 4.90 Å². The maximum atomic E-state index is 5.12. The second-order valence-corrected chi connectivity index (χ2v) is 15.2. The highest BCUT2D eigenvalue weighted by molar-refractivity contribution is 6.13. The average molecular weight is 717 g/mol. The fraction of sp³-hybridized carbons (Fsp3) is 0.0577. The van der Waals surface area contributed by atoms with Crippen LogP contribution in [0.15, 0.2) is 176 Å². The Balaban J connectivity index is 1.14. The lowest BCUT2D eigenvalue weighted by molar-refractivity contribution is 0.661. The molecule has 0 bridgehead atoms. The molecule has 2 heterocycles. The average Bonchev–Trinajstić information content (AvgIpc) is 3.49. The Morgan fingerprint density at radius 1 is 0.482 bits per heavy atom. The lowest BCUT2D eigenvalue weighted by Gasteiger charge is -2.33. The SMILES string of the molecule is CC1(C)c2cccc(-c3ccc(-c4nc(-c5ccccc5)nc(-c5ccccc5)n4)c4ccccc34)c2-c2cc3cccc4c3c(c21)N(c1ccccc1)C=C4. The first-order valence-electron chi connectivity index (χ1n) is 19.2. The van der Waals surface area contributed by atoms with Crippen LogP contribution in [-0.2, 0) is 5.41 Å². The van der Waals surface area contributed by atoms with E-state index >= 15 is 0 Å². The molecule has 264 valence electrons. The molecule has 0 N–H and O–H groups in total. The van der Waals surface area contributed by atoms with Gasteiger partial charge >= 0.3 is 0 Å². The van der Waals surface area contributed by atoms with E-state index in [1.165, 1.54) is 55.4 Å². The Kier molecular flexibility index (Phi) is 7.17. The van der Waals surface area contributed by atoms with Crippen molar-refractivity contribution in [1.29, 1.82) is 0 Å². The molecule has 1 aromatic heterocycles. The zero-order chi connectivity index (χ0) is 37.4. The van der Waals surface area contributed by atoms with Gasteiger partial charge in [-0.1, -0.05) is 159 Å². The fourth-order valence-electron chi connectivity index (χ4n) is 9.09. The summed E-state index contributed by atoms with van der Waals surface area (Å²) < 4.78 is 0. The van der Waals surface area contributed by atoms with E-state index in [4.69, 9.17) is 15.0 Å². The third-order valence-corrected chi connectivity index (χ3v) is 11.6. The first-order chi connectivity index (χ1) is 27.5. The molecule has 1 aliphatic carbocycles. The van der Waals surface area contributed by atoms with Crippen LogP contribution in [0.25, 0.3) is 84.0 Å². The number of nitrogens with zero attached hydrogens (tertiary/aromatic N) is 4. The summed E-state index contributed by atoms with van der Waals surface area (Å²) in [5.41, 5.74) is 14.0. The zero-order valence-electron chi connectivity index (χ0n) is 31.1. The zero-order valence-corrected chi connectivity index (χ0v) is 31.1. The minimum absolute atomic E-state index is 0.252. The van der Waals surface area contributed by atoms with E-state index in [0.29, 0.717) is 17.5 Å². The Bertz CT molecular complexity index is 2980. The van der Waals surface area contributed by atoms with Crippen LogP contribution < -0.4 is 4.90 Å². The molecule has 0 radical (unpaired) electrons. The van der Waals surface area contributed by atoms with Crippen LogP contribution in [0.1, 0.15) is 30.5 Å². The number of para-hydroxylation sites is 1. The summed E-state index contributed by atoms with van der Waals surface area (Å²) in [6.07, 6.45) is 4.49. The summed E-state index contributed by atoms with van der Waals surface area (Å²) in [5.74, 6) is 1.96. The van der Waals surface area contributed by atoms with Crippen molar-refractivity contribution in [2.45, 2.75) is 19.3 Å². The largest absolute Gasteiger partial charge is 0.316 e. The van der Waals surface area contributed by atoms with Crippen molar-refractivity contribution in [3.05, 3.63) is 193 Å². The smallest absolute Gasteiger partial charge is 0.164 e. The Morgan fingerprint density at radius 3 is 1.77 bits per heavy atom. The summed E-state index contributed by atoms with van der Waals surface area (Å²) in [5, 5.41) is 4.81. The molecule has 11 rings (SSSR count). The van der Waals surface area contributed by atoms with Gasteiger partial charge in [-0.05, 0) is 85.4 Å². The number of benzene rings is 8. The van der Waals surface area contributed by atoms with Crippen molar-refractivity contribution in [3.63, 3.8) is 0 Å². The molecule has 56 heavy (non-hydrogen) atoms. The highest BCUT2D eigenvalue weighted by atomic mass is 15.1. The predicted octanol–water partition coefficient (Wildman–Crippen LogP) is 13.3. The van der Waals surface area contributed by atoms with Crippen LogP contribution >= 0.6 is 0 Å². The number of anilines is 2. The van der Waals surface area contributed by atoms with Crippen molar-refractivity contribution in [3.8, 4) is 56.4 Å². The maximum Gasteiger partial charge on any atom is 0.164 e. The Morgan fingerprint density at radius 2 is 1.07 bits per heavy atom. The molecule has 0 spiro atoms. The van der Waals surface area contributed by atoms with Gasteiger partial charge in [0.05, 0.1) is 5.69 Å². The molecule has 2 aliphatic rings. The molecular formula is C52H36N4. The molecule has 0 fully saturated rings. The van der Waals surface area contributed by atoms with Crippen LogP contribution in [0.3, 0.4) is 0 Å². The highest BCUT2D eigenvalue weighted by Crippen LogP contribution is 2.59. The molecule has 0 amide bonds. The second-order valence-electron chi connectivity index (χ2n) is 15.2.